The quantitative estimate of drug-likeness (QED) is 0.606. The van der Waals surface area contributed by atoms with E-state index < -0.39 is 11.8 Å². The molecule has 1 aromatic heterocycles. The number of carbonyl (C=O) groups excluding carboxylic acids is 2. The maximum atomic E-state index is 12.8. The first-order valence-electron chi connectivity index (χ1n) is 8.65. The number of hydrogen-bond acceptors (Lipinski definition) is 5. The summed E-state index contributed by atoms with van der Waals surface area (Å²) in [5.74, 6) is -0.0538. The Hall–Kier alpha value is -3.45. The number of benzene rings is 2. The van der Waals surface area contributed by atoms with Crippen molar-refractivity contribution in [1.29, 1.82) is 0 Å². The normalized spacial score (nSPS) is 10.3. The highest BCUT2D eigenvalue weighted by molar-refractivity contribution is 6.30. The van der Waals surface area contributed by atoms with Crippen molar-refractivity contribution in [2.24, 2.45) is 0 Å². The molecule has 1 heterocycles. The molecule has 0 atom stereocenters. The SMILES string of the molecule is COc1cc(NC(=O)c2ccco2)c(C(=O)NCc2cccc(Cl)c2)cc1OC. The summed E-state index contributed by atoms with van der Waals surface area (Å²) in [6, 6.07) is 13.3. The van der Waals surface area contributed by atoms with Crippen molar-refractivity contribution in [1.82, 2.24) is 5.32 Å². The molecule has 29 heavy (non-hydrogen) atoms. The van der Waals surface area contributed by atoms with Gasteiger partial charge in [-0.1, -0.05) is 23.7 Å². The predicted octanol–water partition coefficient (Wildman–Crippen LogP) is 4.13. The van der Waals surface area contributed by atoms with Crippen molar-refractivity contribution in [2.75, 3.05) is 19.5 Å². The largest absolute Gasteiger partial charge is 0.493 e. The second-order valence-corrected chi connectivity index (χ2v) is 6.43. The van der Waals surface area contributed by atoms with Gasteiger partial charge in [0, 0.05) is 17.6 Å². The summed E-state index contributed by atoms with van der Waals surface area (Å²) < 4.78 is 15.7. The molecule has 0 aliphatic rings. The maximum Gasteiger partial charge on any atom is 0.291 e. The zero-order valence-electron chi connectivity index (χ0n) is 15.8. The molecule has 0 bridgehead atoms. The third-order valence-electron chi connectivity index (χ3n) is 4.10. The molecule has 0 fully saturated rings. The van der Waals surface area contributed by atoms with Crippen LogP contribution in [0.1, 0.15) is 26.5 Å². The molecule has 0 saturated carbocycles. The smallest absolute Gasteiger partial charge is 0.291 e. The third kappa shape index (κ3) is 4.89. The monoisotopic (exact) mass is 414 g/mol. The van der Waals surface area contributed by atoms with E-state index >= 15 is 0 Å². The fourth-order valence-corrected chi connectivity index (χ4v) is 2.90. The molecular weight excluding hydrogens is 396 g/mol. The standard InChI is InChI=1S/C21H19ClN2O5/c1-27-18-10-15(20(25)23-12-13-5-3-6-14(22)9-13)16(11-19(18)28-2)24-21(26)17-7-4-8-29-17/h3-11H,12H2,1-2H3,(H,23,25)(H,24,26). The van der Waals surface area contributed by atoms with Gasteiger partial charge in [0.05, 0.1) is 31.7 Å². The van der Waals surface area contributed by atoms with E-state index in [1.807, 2.05) is 6.07 Å². The topological polar surface area (TPSA) is 89.8 Å². The Kier molecular flexibility index (Phi) is 6.41. The van der Waals surface area contributed by atoms with Gasteiger partial charge in [-0.25, -0.2) is 0 Å². The van der Waals surface area contributed by atoms with E-state index in [1.165, 1.54) is 38.7 Å². The number of nitrogens with one attached hydrogen (secondary N) is 2. The molecule has 3 rings (SSSR count). The number of ether oxygens (including phenoxy) is 2. The lowest BCUT2D eigenvalue weighted by Crippen LogP contribution is -2.25. The minimum absolute atomic E-state index is 0.116. The average molecular weight is 415 g/mol. The van der Waals surface area contributed by atoms with Crippen molar-refractivity contribution >= 4 is 29.1 Å². The van der Waals surface area contributed by atoms with E-state index in [2.05, 4.69) is 10.6 Å². The van der Waals surface area contributed by atoms with Crippen LogP contribution in [-0.4, -0.2) is 26.0 Å². The van der Waals surface area contributed by atoms with Crippen LogP contribution in [0.2, 0.25) is 5.02 Å². The van der Waals surface area contributed by atoms with Crippen LogP contribution in [0, 0.1) is 0 Å². The highest BCUT2D eigenvalue weighted by Gasteiger charge is 2.20. The Morgan fingerprint density at radius 3 is 2.41 bits per heavy atom. The first-order valence-corrected chi connectivity index (χ1v) is 9.03. The van der Waals surface area contributed by atoms with Gasteiger partial charge in [0.15, 0.2) is 17.3 Å². The fraction of sp³-hybridized carbons (Fsp3) is 0.143. The van der Waals surface area contributed by atoms with Crippen molar-refractivity contribution in [3.63, 3.8) is 0 Å². The number of anilines is 1. The van der Waals surface area contributed by atoms with Gasteiger partial charge in [0.1, 0.15) is 0 Å². The number of rotatable bonds is 7. The van der Waals surface area contributed by atoms with Crippen LogP contribution in [0.15, 0.2) is 59.2 Å². The molecule has 150 valence electrons. The molecule has 2 amide bonds. The van der Waals surface area contributed by atoms with E-state index in [0.29, 0.717) is 16.5 Å². The van der Waals surface area contributed by atoms with Crippen LogP contribution in [0.3, 0.4) is 0 Å². The van der Waals surface area contributed by atoms with Crippen LogP contribution in [0.4, 0.5) is 5.69 Å². The first kappa shape index (κ1) is 20.3. The maximum absolute atomic E-state index is 12.8. The van der Waals surface area contributed by atoms with E-state index in [1.54, 1.807) is 24.3 Å². The number of amides is 2. The molecule has 0 aliphatic heterocycles. The lowest BCUT2D eigenvalue weighted by Gasteiger charge is -2.15. The van der Waals surface area contributed by atoms with Crippen molar-refractivity contribution in [3.8, 4) is 11.5 Å². The van der Waals surface area contributed by atoms with Crippen LogP contribution >= 0.6 is 11.6 Å². The second-order valence-electron chi connectivity index (χ2n) is 6.00. The summed E-state index contributed by atoms with van der Waals surface area (Å²) in [6.07, 6.45) is 1.39. The van der Waals surface area contributed by atoms with Crippen molar-refractivity contribution < 1.29 is 23.5 Å². The van der Waals surface area contributed by atoms with Gasteiger partial charge in [-0.15, -0.1) is 0 Å². The Bertz CT molecular complexity index is 1020. The second kappa shape index (κ2) is 9.16. The predicted molar refractivity (Wildman–Crippen MR) is 109 cm³/mol. The number of carbonyl (C=O) groups is 2. The summed E-state index contributed by atoms with van der Waals surface area (Å²) in [5.41, 5.74) is 1.31. The summed E-state index contributed by atoms with van der Waals surface area (Å²) in [6.45, 7) is 0.263. The molecular formula is C21H19ClN2O5. The van der Waals surface area contributed by atoms with E-state index in [0.717, 1.165) is 5.56 Å². The Morgan fingerprint density at radius 2 is 1.76 bits per heavy atom. The molecule has 0 saturated heterocycles. The molecule has 7 nitrogen and oxygen atoms in total. The molecule has 2 N–H and O–H groups in total. The van der Waals surface area contributed by atoms with Crippen LogP contribution < -0.4 is 20.1 Å². The number of methoxy groups -OCH3 is 2. The van der Waals surface area contributed by atoms with Gasteiger partial charge in [-0.3, -0.25) is 9.59 Å². The summed E-state index contributed by atoms with van der Waals surface area (Å²) in [5, 5.41) is 6.07. The Balaban J connectivity index is 1.87. The van der Waals surface area contributed by atoms with Crippen molar-refractivity contribution in [3.05, 3.63) is 76.7 Å². The minimum Gasteiger partial charge on any atom is -0.493 e. The molecule has 8 heteroatoms. The summed E-state index contributed by atoms with van der Waals surface area (Å²) in [4.78, 5) is 25.2. The van der Waals surface area contributed by atoms with Crippen molar-refractivity contribution in [2.45, 2.75) is 6.54 Å². The zero-order chi connectivity index (χ0) is 20.8. The van der Waals surface area contributed by atoms with Gasteiger partial charge in [0.2, 0.25) is 0 Å². The van der Waals surface area contributed by atoms with Gasteiger partial charge >= 0.3 is 0 Å². The average Bonchev–Trinajstić information content (AvgIpc) is 3.26. The van der Waals surface area contributed by atoms with Gasteiger partial charge in [0.25, 0.3) is 11.8 Å². The highest BCUT2D eigenvalue weighted by atomic mass is 35.5. The van der Waals surface area contributed by atoms with Crippen LogP contribution in [0.5, 0.6) is 11.5 Å². The van der Waals surface area contributed by atoms with Crippen LogP contribution in [0.25, 0.3) is 0 Å². The van der Waals surface area contributed by atoms with E-state index in [9.17, 15) is 9.59 Å². The summed E-state index contributed by atoms with van der Waals surface area (Å²) >= 11 is 5.98. The Labute approximate surface area is 172 Å². The zero-order valence-corrected chi connectivity index (χ0v) is 16.6. The van der Waals surface area contributed by atoms with Gasteiger partial charge in [-0.2, -0.15) is 0 Å². The van der Waals surface area contributed by atoms with Gasteiger partial charge < -0.3 is 24.5 Å². The molecule has 2 aromatic carbocycles. The lowest BCUT2D eigenvalue weighted by molar-refractivity contribution is 0.0951. The lowest BCUT2D eigenvalue weighted by atomic mass is 10.1. The van der Waals surface area contributed by atoms with Crippen LogP contribution in [-0.2, 0) is 6.54 Å². The third-order valence-corrected chi connectivity index (χ3v) is 4.34. The highest BCUT2D eigenvalue weighted by Crippen LogP contribution is 2.33. The summed E-state index contributed by atoms with van der Waals surface area (Å²) in [7, 11) is 2.93. The molecule has 0 aliphatic carbocycles. The van der Waals surface area contributed by atoms with E-state index in [-0.39, 0.29) is 23.6 Å². The van der Waals surface area contributed by atoms with Gasteiger partial charge in [-0.05, 0) is 35.9 Å². The molecule has 0 spiro atoms. The van der Waals surface area contributed by atoms with E-state index in [4.69, 9.17) is 25.5 Å². The molecule has 0 radical (unpaired) electrons. The Morgan fingerprint density at radius 1 is 1.00 bits per heavy atom. The fourth-order valence-electron chi connectivity index (χ4n) is 2.69. The first-order chi connectivity index (χ1) is 14.0. The number of furan rings is 1. The number of halogens is 1. The molecule has 0 unspecified atom stereocenters. The minimum atomic E-state index is -0.494. The number of hydrogen-bond donors (Lipinski definition) is 2. The molecule has 3 aromatic rings.